The number of nitro groups is 1. The van der Waals surface area contributed by atoms with Crippen molar-refractivity contribution in [1.82, 2.24) is 9.55 Å². The zero-order valence-electron chi connectivity index (χ0n) is 12.1. The third kappa shape index (κ3) is 2.89. The van der Waals surface area contributed by atoms with Crippen LogP contribution in [0.5, 0.6) is 0 Å². The van der Waals surface area contributed by atoms with E-state index in [1.54, 1.807) is 36.4 Å². The second kappa shape index (κ2) is 5.88. The first kappa shape index (κ1) is 14.7. The first-order valence-corrected chi connectivity index (χ1v) is 7.01. The maximum absolute atomic E-state index is 12.4. The quantitative estimate of drug-likeness (QED) is 0.587. The number of aromatic nitrogens is 2. The van der Waals surface area contributed by atoms with Crippen molar-refractivity contribution in [3.05, 3.63) is 85.0 Å². The molecule has 1 N–H and O–H groups in total. The fourth-order valence-corrected chi connectivity index (χ4v) is 2.43. The summed E-state index contributed by atoms with van der Waals surface area (Å²) in [4.78, 5) is 37.2. The summed E-state index contributed by atoms with van der Waals surface area (Å²) in [6.45, 7) is 0.205. The number of rotatable bonds is 4. The highest BCUT2D eigenvalue weighted by molar-refractivity contribution is 5.76. The van der Waals surface area contributed by atoms with Crippen LogP contribution in [0.15, 0.2) is 58.1 Å². The standard InChI is InChI=1S/C16H13N3O4/c20-15-13-3-1-2-4-14(13)17-16(21)18(15)10-9-11-5-7-12(8-6-11)19(22)23/h1-8H,9-10H2,(H,17,21). The Kier molecular flexibility index (Phi) is 3.76. The summed E-state index contributed by atoms with van der Waals surface area (Å²) in [5.74, 6) is 0. The van der Waals surface area contributed by atoms with Crippen LogP contribution in [0.25, 0.3) is 10.9 Å². The van der Waals surface area contributed by atoms with Crippen LogP contribution in [0.1, 0.15) is 5.56 Å². The van der Waals surface area contributed by atoms with E-state index in [0.717, 1.165) is 10.1 Å². The number of nitro benzene ring substituents is 1. The van der Waals surface area contributed by atoms with Gasteiger partial charge in [0.15, 0.2) is 0 Å². The number of aryl methyl sites for hydroxylation is 1. The fraction of sp³-hybridized carbons (Fsp3) is 0.125. The molecule has 0 unspecified atom stereocenters. The molecule has 1 aromatic heterocycles. The molecule has 3 aromatic rings. The number of hydrogen-bond acceptors (Lipinski definition) is 4. The Labute approximate surface area is 130 Å². The summed E-state index contributed by atoms with van der Waals surface area (Å²) >= 11 is 0. The highest BCUT2D eigenvalue weighted by Gasteiger charge is 2.08. The van der Waals surface area contributed by atoms with E-state index in [1.165, 1.54) is 12.1 Å². The number of benzene rings is 2. The van der Waals surface area contributed by atoms with Crippen molar-refractivity contribution in [2.45, 2.75) is 13.0 Å². The third-order valence-corrected chi connectivity index (χ3v) is 3.66. The Morgan fingerprint density at radius 1 is 1.04 bits per heavy atom. The van der Waals surface area contributed by atoms with Crippen molar-refractivity contribution < 1.29 is 4.92 Å². The van der Waals surface area contributed by atoms with Gasteiger partial charge in [-0.3, -0.25) is 19.5 Å². The predicted octanol–water partition coefficient (Wildman–Crippen LogP) is 1.84. The van der Waals surface area contributed by atoms with Gasteiger partial charge in [-0.1, -0.05) is 24.3 Å². The van der Waals surface area contributed by atoms with E-state index < -0.39 is 10.6 Å². The zero-order chi connectivity index (χ0) is 16.4. The number of hydrogen-bond donors (Lipinski definition) is 1. The lowest BCUT2D eigenvalue weighted by atomic mass is 10.1. The van der Waals surface area contributed by atoms with Gasteiger partial charge in [-0.25, -0.2) is 4.79 Å². The SMILES string of the molecule is O=c1[nH]c2ccccc2c(=O)n1CCc1ccc([N+](=O)[O-])cc1. The number of fused-ring (bicyclic) bond motifs is 1. The third-order valence-electron chi connectivity index (χ3n) is 3.66. The molecular weight excluding hydrogens is 298 g/mol. The number of aromatic amines is 1. The molecule has 0 aliphatic carbocycles. The minimum Gasteiger partial charge on any atom is -0.307 e. The molecule has 7 heteroatoms. The second-order valence-electron chi connectivity index (χ2n) is 5.11. The number of nitrogens with zero attached hydrogens (tertiary/aromatic N) is 2. The smallest absolute Gasteiger partial charge is 0.307 e. The highest BCUT2D eigenvalue weighted by atomic mass is 16.6. The van der Waals surface area contributed by atoms with Crippen LogP contribution in [0.4, 0.5) is 5.69 Å². The maximum Gasteiger partial charge on any atom is 0.328 e. The minimum absolute atomic E-state index is 0.00877. The van der Waals surface area contributed by atoms with E-state index >= 15 is 0 Å². The van der Waals surface area contributed by atoms with E-state index in [4.69, 9.17) is 0 Å². The summed E-state index contributed by atoms with van der Waals surface area (Å²) in [6.07, 6.45) is 0.430. The Bertz CT molecular complexity index is 987. The lowest BCUT2D eigenvalue weighted by Crippen LogP contribution is -2.35. The normalized spacial score (nSPS) is 10.8. The molecule has 0 bridgehead atoms. The topological polar surface area (TPSA) is 98.0 Å². The van der Waals surface area contributed by atoms with Crippen LogP contribution in [0, 0.1) is 10.1 Å². The number of para-hydroxylation sites is 1. The lowest BCUT2D eigenvalue weighted by Gasteiger charge is -2.06. The van der Waals surface area contributed by atoms with Crippen LogP contribution < -0.4 is 11.2 Å². The molecule has 23 heavy (non-hydrogen) atoms. The Morgan fingerprint density at radius 3 is 2.43 bits per heavy atom. The molecule has 116 valence electrons. The van der Waals surface area contributed by atoms with Crippen LogP contribution >= 0.6 is 0 Å². The van der Waals surface area contributed by atoms with E-state index in [9.17, 15) is 19.7 Å². The van der Waals surface area contributed by atoms with Gasteiger partial charge >= 0.3 is 5.69 Å². The molecule has 0 aliphatic rings. The summed E-state index contributed by atoms with van der Waals surface area (Å²) < 4.78 is 1.14. The first-order chi connectivity index (χ1) is 11.1. The van der Waals surface area contributed by atoms with Crippen molar-refractivity contribution in [3.63, 3.8) is 0 Å². The van der Waals surface area contributed by atoms with Crippen LogP contribution in [0.3, 0.4) is 0 Å². The summed E-state index contributed by atoms with van der Waals surface area (Å²) in [5.41, 5.74) is 0.528. The molecule has 7 nitrogen and oxygen atoms in total. The molecule has 0 aliphatic heterocycles. The van der Waals surface area contributed by atoms with Crippen molar-refractivity contribution in [3.8, 4) is 0 Å². The van der Waals surface area contributed by atoms with Gasteiger partial charge in [0, 0.05) is 18.7 Å². The van der Waals surface area contributed by atoms with Gasteiger partial charge in [0.2, 0.25) is 0 Å². The molecule has 0 saturated heterocycles. The van der Waals surface area contributed by atoms with Gasteiger partial charge in [-0.05, 0) is 24.1 Å². The average Bonchev–Trinajstić information content (AvgIpc) is 2.55. The first-order valence-electron chi connectivity index (χ1n) is 7.01. The van der Waals surface area contributed by atoms with Gasteiger partial charge < -0.3 is 4.98 Å². The molecule has 0 amide bonds. The Hall–Kier alpha value is -3.22. The van der Waals surface area contributed by atoms with Crippen LogP contribution in [-0.4, -0.2) is 14.5 Å². The maximum atomic E-state index is 12.4. The average molecular weight is 311 g/mol. The molecule has 0 spiro atoms. The molecule has 0 fully saturated rings. The monoisotopic (exact) mass is 311 g/mol. The number of nitrogens with one attached hydrogen (secondary N) is 1. The Balaban J connectivity index is 1.88. The van der Waals surface area contributed by atoms with Gasteiger partial charge in [-0.2, -0.15) is 0 Å². The molecule has 0 radical (unpaired) electrons. The van der Waals surface area contributed by atoms with Crippen molar-refractivity contribution >= 4 is 16.6 Å². The fourth-order valence-electron chi connectivity index (χ4n) is 2.43. The zero-order valence-corrected chi connectivity index (χ0v) is 12.1. The highest BCUT2D eigenvalue weighted by Crippen LogP contribution is 2.12. The molecule has 2 aromatic carbocycles. The second-order valence-corrected chi connectivity index (χ2v) is 5.11. The van der Waals surface area contributed by atoms with Crippen molar-refractivity contribution in [2.75, 3.05) is 0 Å². The van der Waals surface area contributed by atoms with E-state index in [0.29, 0.717) is 17.3 Å². The van der Waals surface area contributed by atoms with Crippen molar-refractivity contribution in [1.29, 1.82) is 0 Å². The van der Waals surface area contributed by atoms with E-state index in [1.807, 2.05) is 0 Å². The van der Waals surface area contributed by atoms with Crippen molar-refractivity contribution in [2.24, 2.45) is 0 Å². The summed E-state index contributed by atoms with van der Waals surface area (Å²) in [7, 11) is 0. The van der Waals surface area contributed by atoms with Gasteiger partial charge in [0.05, 0.1) is 15.8 Å². The molecular formula is C16H13N3O4. The van der Waals surface area contributed by atoms with E-state index in [2.05, 4.69) is 4.98 Å². The minimum atomic E-state index is -0.470. The molecule has 0 atom stereocenters. The van der Waals surface area contributed by atoms with Crippen LogP contribution in [0.2, 0.25) is 0 Å². The molecule has 3 rings (SSSR count). The van der Waals surface area contributed by atoms with Gasteiger partial charge in [0.25, 0.3) is 11.2 Å². The Morgan fingerprint density at radius 2 is 1.74 bits per heavy atom. The predicted molar refractivity (Wildman–Crippen MR) is 85.6 cm³/mol. The molecule has 0 saturated carbocycles. The largest absolute Gasteiger partial charge is 0.328 e. The van der Waals surface area contributed by atoms with E-state index in [-0.39, 0.29) is 17.8 Å². The summed E-state index contributed by atoms with van der Waals surface area (Å²) in [6, 6.07) is 12.9. The molecule has 1 heterocycles. The van der Waals surface area contributed by atoms with Gasteiger partial charge in [0.1, 0.15) is 0 Å². The van der Waals surface area contributed by atoms with Crippen LogP contribution in [-0.2, 0) is 13.0 Å². The number of H-pyrrole nitrogens is 1. The number of non-ortho nitro benzene ring substituents is 1. The van der Waals surface area contributed by atoms with Gasteiger partial charge in [-0.15, -0.1) is 0 Å². The summed E-state index contributed by atoms with van der Waals surface area (Å²) in [5, 5.41) is 11.1. The lowest BCUT2D eigenvalue weighted by molar-refractivity contribution is -0.384.